The van der Waals surface area contributed by atoms with Crippen LogP contribution in [0, 0.1) is 12.7 Å². The summed E-state index contributed by atoms with van der Waals surface area (Å²) in [4.78, 5) is 15.2. The Labute approximate surface area is 125 Å². The van der Waals surface area contributed by atoms with Crippen molar-refractivity contribution in [2.45, 2.75) is 6.92 Å². The minimum atomic E-state index is -1.14. The van der Waals surface area contributed by atoms with Crippen molar-refractivity contribution in [2.24, 2.45) is 0 Å². The summed E-state index contributed by atoms with van der Waals surface area (Å²) in [5.41, 5.74) is 2.29. The third-order valence-corrected chi connectivity index (χ3v) is 3.16. The largest absolute Gasteiger partial charge is 0.476 e. The van der Waals surface area contributed by atoms with E-state index >= 15 is 0 Å². The molecular weight excluding hydrogens is 285 g/mol. The molecule has 0 fully saturated rings. The molecule has 22 heavy (non-hydrogen) atoms. The quantitative estimate of drug-likeness (QED) is 0.806. The van der Waals surface area contributed by atoms with Crippen LogP contribution in [0.25, 0.3) is 16.9 Å². The fraction of sp³-hybridized carbons (Fsp3) is 0.0625. The Morgan fingerprint density at radius 1 is 1.27 bits per heavy atom. The second-order valence-electron chi connectivity index (χ2n) is 4.86. The lowest BCUT2D eigenvalue weighted by atomic mass is 10.1. The van der Waals surface area contributed by atoms with Gasteiger partial charge in [-0.1, -0.05) is 0 Å². The first-order valence-corrected chi connectivity index (χ1v) is 6.56. The Morgan fingerprint density at radius 2 is 2.09 bits per heavy atom. The van der Waals surface area contributed by atoms with E-state index in [1.165, 1.54) is 22.9 Å². The molecule has 2 heterocycles. The number of aromatic carboxylic acids is 1. The van der Waals surface area contributed by atoms with Gasteiger partial charge in [-0.05, 0) is 48.9 Å². The number of pyridine rings is 1. The van der Waals surface area contributed by atoms with Crippen molar-refractivity contribution in [1.82, 2.24) is 14.8 Å². The van der Waals surface area contributed by atoms with Gasteiger partial charge in [0.25, 0.3) is 0 Å². The molecule has 0 aliphatic carbocycles. The van der Waals surface area contributed by atoms with E-state index in [0.717, 1.165) is 5.56 Å². The Bertz CT molecular complexity index is 824. The van der Waals surface area contributed by atoms with E-state index < -0.39 is 5.97 Å². The fourth-order valence-corrected chi connectivity index (χ4v) is 2.25. The first-order valence-electron chi connectivity index (χ1n) is 6.56. The zero-order valence-corrected chi connectivity index (χ0v) is 11.7. The van der Waals surface area contributed by atoms with E-state index in [1.807, 2.05) is 0 Å². The SMILES string of the molecule is Cc1cc(F)cc(-c2cc(C(=O)O)nn2-c2cccnc2)c1. The topological polar surface area (TPSA) is 68.0 Å². The molecule has 0 saturated heterocycles. The van der Waals surface area contributed by atoms with Gasteiger partial charge in [0.2, 0.25) is 0 Å². The van der Waals surface area contributed by atoms with Crippen molar-refractivity contribution >= 4 is 5.97 Å². The summed E-state index contributed by atoms with van der Waals surface area (Å²) in [6.45, 7) is 1.77. The fourth-order valence-electron chi connectivity index (χ4n) is 2.25. The Hall–Kier alpha value is -3.02. The summed E-state index contributed by atoms with van der Waals surface area (Å²) >= 11 is 0. The highest BCUT2D eigenvalue weighted by Gasteiger charge is 2.16. The Kier molecular flexibility index (Phi) is 3.42. The van der Waals surface area contributed by atoms with Gasteiger partial charge in [0.05, 0.1) is 17.6 Å². The standard InChI is InChI=1S/C16H12FN3O2/c1-10-5-11(7-12(17)6-10)15-8-14(16(21)22)19-20(15)13-3-2-4-18-9-13/h2-9H,1H3,(H,21,22). The van der Waals surface area contributed by atoms with E-state index in [-0.39, 0.29) is 11.5 Å². The number of carbonyl (C=O) groups is 1. The molecule has 0 unspecified atom stereocenters. The number of nitrogens with zero attached hydrogens (tertiary/aromatic N) is 3. The van der Waals surface area contributed by atoms with Gasteiger partial charge in [0, 0.05) is 11.8 Å². The van der Waals surface area contributed by atoms with Crippen LogP contribution in [-0.4, -0.2) is 25.8 Å². The monoisotopic (exact) mass is 297 g/mol. The third kappa shape index (κ3) is 2.58. The van der Waals surface area contributed by atoms with Gasteiger partial charge >= 0.3 is 5.97 Å². The lowest BCUT2D eigenvalue weighted by Crippen LogP contribution is -2.02. The van der Waals surface area contributed by atoms with Crippen LogP contribution in [-0.2, 0) is 0 Å². The van der Waals surface area contributed by atoms with Crippen LogP contribution < -0.4 is 0 Å². The van der Waals surface area contributed by atoms with Crippen LogP contribution in [0.3, 0.4) is 0 Å². The molecule has 0 saturated carbocycles. The second-order valence-corrected chi connectivity index (χ2v) is 4.86. The van der Waals surface area contributed by atoms with Crippen LogP contribution in [0.1, 0.15) is 16.1 Å². The lowest BCUT2D eigenvalue weighted by Gasteiger charge is -2.08. The van der Waals surface area contributed by atoms with Crippen LogP contribution >= 0.6 is 0 Å². The molecule has 1 N–H and O–H groups in total. The average Bonchev–Trinajstić information content (AvgIpc) is 2.92. The molecule has 0 aliphatic heterocycles. The second kappa shape index (κ2) is 5.40. The summed E-state index contributed by atoms with van der Waals surface area (Å²) in [5, 5.41) is 13.2. The molecule has 1 aromatic carbocycles. The van der Waals surface area contributed by atoms with Crippen molar-refractivity contribution < 1.29 is 14.3 Å². The van der Waals surface area contributed by atoms with Gasteiger partial charge in [0.15, 0.2) is 5.69 Å². The highest BCUT2D eigenvalue weighted by Crippen LogP contribution is 2.25. The minimum Gasteiger partial charge on any atom is -0.476 e. The summed E-state index contributed by atoms with van der Waals surface area (Å²) < 4.78 is 15.1. The van der Waals surface area contributed by atoms with Crippen molar-refractivity contribution in [3.8, 4) is 16.9 Å². The number of carboxylic acids is 1. The predicted octanol–water partition coefficient (Wildman–Crippen LogP) is 3.08. The summed E-state index contributed by atoms with van der Waals surface area (Å²) in [6.07, 6.45) is 3.17. The molecule has 5 nitrogen and oxygen atoms in total. The van der Waals surface area contributed by atoms with E-state index in [1.54, 1.807) is 37.5 Å². The maximum atomic E-state index is 13.7. The van der Waals surface area contributed by atoms with Crippen molar-refractivity contribution in [2.75, 3.05) is 0 Å². The van der Waals surface area contributed by atoms with E-state index in [9.17, 15) is 9.18 Å². The normalized spacial score (nSPS) is 10.6. The number of hydrogen-bond acceptors (Lipinski definition) is 3. The van der Waals surface area contributed by atoms with Gasteiger partial charge in [-0.15, -0.1) is 0 Å². The molecule has 2 aromatic heterocycles. The minimum absolute atomic E-state index is 0.110. The number of aryl methyl sites for hydroxylation is 1. The maximum absolute atomic E-state index is 13.7. The smallest absolute Gasteiger partial charge is 0.356 e. The van der Waals surface area contributed by atoms with E-state index in [2.05, 4.69) is 10.1 Å². The number of benzene rings is 1. The number of hydrogen-bond donors (Lipinski definition) is 1. The molecule has 0 radical (unpaired) electrons. The molecular formula is C16H12FN3O2. The molecule has 6 heteroatoms. The van der Waals surface area contributed by atoms with Crippen LogP contribution in [0.2, 0.25) is 0 Å². The summed E-state index contributed by atoms with van der Waals surface area (Å²) in [5.74, 6) is -1.53. The van der Waals surface area contributed by atoms with Crippen molar-refractivity contribution in [3.63, 3.8) is 0 Å². The maximum Gasteiger partial charge on any atom is 0.356 e. The molecule has 0 amide bonds. The zero-order valence-electron chi connectivity index (χ0n) is 11.7. The third-order valence-electron chi connectivity index (χ3n) is 3.16. The van der Waals surface area contributed by atoms with Crippen LogP contribution in [0.15, 0.2) is 48.8 Å². The molecule has 0 atom stereocenters. The number of carboxylic acid groups (broad SMARTS) is 1. The first-order chi connectivity index (χ1) is 10.5. The van der Waals surface area contributed by atoms with Gasteiger partial charge in [-0.3, -0.25) is 4.98 Å². The Balaban J connectivity index is 2.23. The molecule has 110 valence electrons. The van der Waals surface area contributed by atoms with Crippen LogP contribution in [0.5, 0.6) is 0 Å². The lowest BCUT2D eigenvalue weighted by molar-refractivity contribution is 0.0690. The van der Waals surface area contributed by atoms with Gasteiger partial charge in [-0.2, -0.15) is 5.10 Å². The van der Waals surface area contributed by atoms with Gasteiger partial charge in [-0.25, -0.2) is 13.9 Å². The number of halogens is 1. The zero-order chi connectivity index (χ0) is 15.7. The number of rotatable bonds is 3. The van der Waals surface area contributed by atoms with E-state index in [4.69, 9.17) is 5.11 Å². The highest BCUT2D eigenvalue weighted by molar-refractivity contribution is 5.87. The van der Waals surface area contributed by atoms with E-state index in [0.29, 0.717) is 16.9 Å². The predicted molar refractivity (Wildman–Crippen MR) is 78.4 cm³/mol. The first kappa shape index (κ1) is 13.9. The average molecular weight is 297 g/mol. The number of aromatic nitrogens is 3. The Morgan fingerprint density at radius 3 is 2.73 bits per heavy atom. The molecule has 0 aliphatic rings. The van der Waals surface area contributed by atoms with Gasteiger partial charge < -0.3 is 5.11 Å². The summed E-state index contributed by atoms with van der Waals surface area (Å²) in [7, 11) is 0. The van der Waals surface area contributed by atoms with Crippen LogP contribution in [0.4, 0.5) is 4.39 Å². The van der Waals surface area contributed by atoms with Crippen molar-refractivity contribution in [1.29, 1.82) is 0 Å². The molecule has 0 bridgehead atoms. The molecule has 3 rings (SSSR count). The molecule has 0 spiro atoms. The highest BCUT2D eigenvalue weighted by atomic mass is 19.1. The van der Waals surface area contributed by atoms with Gasteiger partial charge in [0.1, 0.15) is 5.82 Å². The molecule has 3 aromatic rings. The van der Waals surface area contributed by atoms with Crippen molar-refractivity contribution in [3.05, 3.63) is 65.9 Å². The summed E-state index contributed by atoms with van der Waals surface area (Å²) in [6, 6.07) is 9.43.